The van der Waals surface area contributed by atoms with Crippen LogP contribution in [0.1, 0.15) is 35.2 Å². The molecule has 2 aliphatic rings. The standard InChI is InChI=1S/C18H24BrN3O2.ClH/c1-12-9-14(19)4-5-16(12)18(24)21-7-2-3-13(10-21)17(23)22-8-6-15(20)11-22;/h4-5,9,13,15H,2-3,6-8,10-11,20H2,1H3;1H/t13?,15-;/m1./s1. The molecule has 2 heterocycles. The maximum absolute atomic E-state index is 12.8. The third-order valence-corrected chi connectivity index (χ3v) is 5.51. The van der Waals surface area contributed by atoms with Crippen LogP contribution in [0.2, 0.25) is 0 Å². The van der Waals surface area contributed by atoms with E-state index in [1.807, 2.05) is 34.9 Å². The number of carbonyl (C=O) groups excluding carboxylic acids is 2. The topological polar surface area (TPSA) is 66.6 Å². The van der Waals surface area contributed by atoms with Gasteiger partial charge < -0.3 is 15.5 Å². The first-order valence-corrected chi connectivity index (χ1v) is 9.35. The second-order valence-corrected chi connectivity index (χ2v) is 7.80. The zero-order valence-electron chi connectivity index (χ0n) is 14.4. The van der Waals surface area contributed by atoms with Crippen molar-refractivity contribution >= 4 is 40.2 Å². The summed E-state index contributed by atoms with van der Waals surface area (Å²) in [6.07, 6.45) is 2.60. The molecule has 0 spiro atoms. The molecule has 5 nitrogen and oxygen atoms in total. The molecular weight excluding hydrogens is 406 g/mol. The zero-order valence-corrected chi connectivity index (χ0v) is 16.8. The number of hydrogen-bond acceptors (Lipinski definition) is 3. The van der Waals surface area contributed by atoms with Gasteiger partial charge in [-0.2, -0.15) is 0 Å². The fourth-order valence-corrected chi connectivity index (χ4v) is 4.12. The number of likely N-dealkylation sites (tertiary alicyclic amines) is 2. The maximum Gasteiger partial charge on any atom is 0.254 e. The predicted octanol–water partition coefficient (Wildman–Crippen LogP) is 2.59. The summed E-state index contributed by atoms with van der Waals surface area (Å²) in [5.41, 5.74) is 7.58. The van der Waals surface area contributed by atoms with Crippen LogP contribution >= 0.6 is 28.3 Å². The van der Waals surface area contributed by atoms with Crippen molar-refractivity contribution in [1.29, 1.82) is 0 Å². The summed E-state index contributed by atoms with van der Waals surface area (Å²) in [5.74, 6) is 0.0901. The molecule has 1 unspecified atom stereocenters. The summed E-state index contributed by atoms with van der Waals surface area (Å²) >= 11 is 3.43. The largest absolute Gasteiger partial charge is 0.341 e. The van der Waals surface area contributed by atoms with Gasteiger partial charge in [-0.3, -0.25) is 9.59 Å². The van der Waals surface area contributed by atoms with Crippen LogP contribution in [0.3, 0.4) is 0 Å². The number of hydrogen-bond donors (Lipinski definition) is 1. The van der Waals surface area contributed by atoms with Gasteiger partial charge in [0.2, 0.25) is 5.91 Å². The minimum Gasteiger partial charge on any atom is -0.341 e. The van der Waals surface area contributed by atoms with Crippen LogP contribution in [0.25, 0.3) is 0 Å². The summed E-state index contributed by atoms with van der Waals surface area (Å²) in [5, 5.41) is 0. The molecule has 1 aromatic carbocycles. The molecule has 25 heavy (non-hydrogen) atoms. The fourth-order valence-electron chi connectivity index (χ4n) is 3.65. The molecule has 3 rings (SSSR count). The van der Waals surface area contributed by atoms with Crippen LogP contribution in [0.15, 0.2) is 22.7 Å². The highest BCUT2D eigenvalue weighted by atomic mass is 79.9. The molecule has 0 saturated carbocycles. The van der Waals surface area contributed by atoms with Crippen molar-refractivity contribution < 1.29 is 9.59 Å². The fraction of sp³-hybridized carbons (Fsp3) is 0.556. The Kier molecular flexibility index (Phi) is 6.88. The lowest BCUT2D eigenvalue weighted by Crippen LogP contribution is -2.46. The molecule has 0 radical (unpaired) electrons. The molecule has 0 bridgehead atoms. The van der Waals surface area contributed by atoms with Crippen LogP contribution in [0, 0.1) is 12.8 Å². The molecular formula is C18H25BrClN3O2. The van der Waals surface area contributed by atoms with E-state index in [1.54, 1.807) is 0 Å². The van der Waals surface area contributed by atoms with Crippen LogP contribution in [0.4, 0.5) is 0 Å². The molecule has 2 aliphatic heterocycles. The van der Waals surface area contributed by atoms with Gasteiger partial charge in [0.15, 0.2) is 0 Å². The van der Waals surface area contributed by atoms with Gasteiger partial charge in [0, 0.05) is 42.3 Å². The average Bonchev–Trinajstić information content (AvgIpc) is 3.00. The predicted molar refractivity (Wildman–Crippen MR) is 104 cm³/mol. The lowest BCUT2D eigenvalue weighted by molar-refractivity contribution is -0.135. The summed E-state index contributed by atoms with van der Waals surface area (Å²) in [4.78, 5) is 29.2. The average molecular weight is 431 g/mol. The molecule has 138 valence electrons. The first-order valence-electron chi connectivity index (χ1n) is 8.55. The van der Waals surface area contributed by atoms with Gasteiger partial charge >= 0.3 is 0 Å². The van der Waals surface area contributed by atoms with Crippen molar-refractivity contribution in [2.75, 3.05) is 26.2 Å². The van der Waals surface area contributed by atoms with Gasteiger partial charge in [-0.05, 0) is 49.9 Å². The van der Waals surface area contributed by atoms with Crippen LogP contribution in [-0.2, 0) is 4.79 Å². The molecule has 0 aliphatic carbocycles. The maximum atomic E-state index is 12.8. The van der Waals surface area contributed by atoms with Crippen LogP contribution in [-0.4, -0.2) is 53.8 Å². The minimum absolute atomic E-state index is 0. The van der Waals surface area contributed by atoms with Crippen molar-refractivity contribution in [1.82, 2.24) is 9.80 Å². The molecule has 0 aromatic heterocycles. The van der Waals surface area contributed by atoms with E-state index < -0.39 is 0 Å². The van der Waals surface area contributed by atoms with Gasteiger partial charge in [0.25, 0.3) is 5.91 Å². The number of benzene rings is 1. The smallest absolute Gasteiger partial charge is 0.254 e. The van der Waals surface area contributed by atoms with E-state index in [0.717, 1.165) is 48.0 Å². The Morgan fingerprint density at radius 2 is 1.92 bits per heavy atom. The highest BCUT2D eigenvalue weighted by Crippen LogP contribution is 2.24. The van der Waals surface area contributed by atoms with Crippen molar-refractivity contribution in [3.63, 3.8) is 0 Å². The number of piperidine rings is 1. The number of aryl methyl sites for hydroxylation is 1. The first-order chi connectivity index (χ1) is 11.5. The Bertz CT molecular complexity index is 655. The first kappa shape index (κ1) is 20.2. The normalized spacial score (nSPS) is 23.3. The van der Waals surface area contributed by atoms with Crippen molar-refractivity contribution in [3.05, 3.63) is 33.8 Å². The Balaban J connectivity index is 0.00000225. The second kappa shape index (κ2) is 8.52. The molecule has 7 heteroatoms. The Morgan fingerprint density at radius 3 is 2.56 bits per heavy atom. The SMILES string of the molecule is Cc1cc(Br)ccc1C(=O)N1CCCC(C(=O)N2CC[C@@H](N)C2)C1.Cl. The van der Waals surface area contributed by atoms with Crippen molar-refractivity contribution in [3.8, 4) is 0 Å². The second-order valence-electron chi connectivity index (χ2n) is 6.88. The molecule has 2 N–H and O–H groups in total. The van der Waals surface area contributed by atoms with E-state index in [9.17, 15) is 9.59 Å². The third-order valence-electron chi connectivity index (χ3n) is 5.01. The van der Waals surface area contributed by atoms with Crippen LogP contribution < -0.4 is 5.73 Å². The Morgan fingerprint density at radius 1 is 1.16 bits per heavy atom. The molecule has 2 atom stereocenters. The van der Waals surface area contributed by atoms with E-state index in [4.69, 9.17) is 5.73 Å². The number of nitrogens with zero attached hydrogens (tertiary/aromatic N) is 2. The summed E-state index contributed by atoms with van der Waals surface area (Å²) in [6, 6.07) is 5.79. The lowest BCUT2D eigenvalue weighted by atomic mass is 9.95. The molecule has 2 amide bonds. The number of carbonyl (C=O) groups is 2. The highest BCUT2D eigenvalue weighted by Gasteiger charge is 2.34. The number of nitrogens with two attached hydrogens (primary N) is 1. The summed E-state index contributed by atoms with van der Waals surface area (Å²) in [6.45, 7) is 4.57. The van der Waals surface area contributed by atoms with E-state index >= 15 is 0 Å². The van der Waals surface area contributed by atoms with Crippen molar-refractivity contribution in [2.24, 2.45) is 11.7 Å². The van der Waals surface area contributed by atoms with Crippen LogP contribution in [0.5, 0.6) is 0 Å². The van der Waals surface area contributed by atoms with E-state index in [1.165, 1.54) is 0 Å². The van der Waals surface area contributed by atoms with Gasteiger partial charge in [-0.15, -0.1) is 12.4 Å². The molecule has 1 aromatic rings. The van der Waals surface area contributed by atoms with E-state index in [0.29, 0.717) is 13.1 Å². The Hall–Kier alpha value is -1.11. The van der Waals surface area contributed by atoms with Gasteiger partial charge in [-0.1, -0.05) is 15.9 Å². The third kappa shape index (κ3) is 4.54. The van der Waals surface area contributed by atoms with Gasteiger partial charge in [0.05, 0.1) is 5.92 Å². The monoisotopic (exact) mass is 429 g/mol. The minimum atomic E-state index is -0.0937. The van der Waals surface area contributed by atoms with Gasteiger partial charge in [0.1, 0.15) is 0 Å². The molecule has 2 fully saturated rings. The highest BCUT2D eigenvalue weighted by molar-refractivity contribution is 9.10. The lowest BCUT2D eigenvalue weighted by Gasteiger charge is -2.34. The number of amides is 2. The number of halogens is 2. The van der Waals surface area contributed by atoms with Crippen molar-refractivity contribution in [2.45, 2.75) is 32.2 Å². The Labute approximate surface area is 163 Å². The van der Waals surface area contributed by atoms with E-state index in [-0.39, 0.29) is 36.2 Å². The number of rotatable bonds is 2. The van der Waals surface area contributed by atoms with Gasteiger partial charge in [-0.25, -0.2) is 0 Å². The summed E-state index contributed by atoms with van der Waals surface area (Å²) in [7, 11) is 0. The molecule has 2 saturated heterocycles. The van der Waals surface area contributed by atoms with E-state index in [2.05, 4.69) is 15.9 Å². The quantitative estimate of drug-likeness (QED) is 0.784. The zero-order chi connectivity index (χ0) is 17.3. The summed E-state index contributed by atoms with van der Waals surface area (Å²) < 4.78 is 0.966.